The Morgan fingerprint density at radius 2 is 2.05 bits per heavy atom. The Morgan fingerprint density at radius 3 is 2.68 bits per heavy atom. The van der Waals surface area contributed by atoms with E-state index < -0.39 is 0 Å². The predicted octanol–water partition coefficient (Wildman–Crippen LogP) is 1.16. The zero-order valence-corrected chi connectivity index (χ0v) is 10.7. The molecule has 1 N–H and O–H groups in total. The Kier molecular flexibility index (Phi) is 3.10. The van der Waals surface area contributed by atoms with E-state index in [0.717, 1.165) is 38.3 Å². The van der Waals surface area contributed by atoms with Crippen LogP contribution in [0.5, 0.6) is 0 Å². The van der Waals surface area contributed by atoms with Gasteiger partial charge in [0.2, 0.25) is 0 Å². The zero-order valence-electron chi connectivity index (χ0n) is 10.7. The molecular formula is C14H16N4O. The van der Waals surface area contributed by atoms with Gasteiger partial charge < -0.3 is 10.2 Å². The van der Waals surface area contributed by atoms with Gasteiger partial charge in [-0.15, -0.1) is 0 Å². The molecule has 0 saturated carbocycles. The lowest BCUT2D eigenvalue weighted by Gasteiger charge is -2.23. The fourth-order valence-electron chi connectivity index (χ4n) is 2.75. The highest BCUT2D eigenvalue weighted by Crippen LogP contribution is 2.23. The quantitative estimate of drug-likeness (QED) is 0.864. The van der Waals surface area contributed by atoms with Gasteiger partial charge >= 0.3 is 6.03 Å². The van der Waals surface area contributed by atoms with E-state index >= 15 is 0 Å². The molecule has 2 aliphatic rings. The van der Waals surface area contributed by atoms with Gasteiger partial charge in [-0.25, -0.2) is 4.79 Å². The molecule has 2 aliphatic heterocycles. The van der Waals surface area contributed by atoms with Crippen LogP contribution in [-0.2, 0) is 0 Å². The summed E-state index contributed by atoms with van der Waals surface area (Å²) in [6.45, 7) is 3.39. The summed E-state index contributed by atoms with van der Waals surface area (Å²) >= 11 is 0. The second kappa shape index (κ2) is 4.90. The fraction of sp³-hybridized carbons (Fsp3) is 0.429. The third kappa shape index (κ3) is 2.15. The van der Waals surface area contributed by atoms with Crippen molar-refractivity contribution in [3.63, 3.8) is 0 Å². The smallest absolute Gasteiger partial charge is 0.318 e. The van der Waals surface area contributed by atoms with Gasteiger partial charge in [0.05, 0.1) is 11.6 Å². The number of nitriles is 1. The van der Waals surface area contributed by atoms with Gasteiger partial charge in [-0.1, -0.05) is 0 Å². The van der Waals surface area contributed by atoms with E-state index in [2.05, 4.69) is 11.4 Å². The van der Waals surface area contributed by atoms with E-state index in [0.29, 0.717) is 11.6 Å². The Bertz CT molecular complexity index is 513. The van der Waals surface area contributed by atoms with Crippen LogP contribution in [0.15, 0.2) is 24.3 Å². The largest absolute Gasteiger partial charge is 0.324 e. The molecule has 3 rings (SSSR count). The SMILES string of the molecule is N#Cc1ccc(N2CCN(C3CCNC3)C2=O)cc1. The number of carbonyl (C=O) groups excluding carboxylic acids is 1. The van der Waals surface area contributed by atoms with Gasteiger partial charge in [0.1, 0.15) is 0 Å². The highest BCUT2D eigenvalue weighted by atomic mass is 16.2. The van der Waals surface area contributed by atoms with E-state index in [4.69, 9.17) is 5.26 Å². The van der Waals surface area contributed by atoms with Crippen molar-refractivity contribution in [1.82, 2.24) is 10.2 Å². The maximum absolute atomic E-state index is 12.4. The highest BCUT2D eigenvalue weighted by molar-refractivity contribution is 5.94. The summed E-state index contributed by atoms with van der Waals surface area (Å²) in [5.74, 6) is 0. The number of urea groups is 1. The van der Waals surface area contributed by atoms with Crippen LogP contribution in [0.25, 0.3) is 0 Å². The Morgan fingerprint density at radius 1 is 1.26 bits per heavy atom. The molecule has 98 valence electrons. The van der Waals surface area contributed by atoms with Crippen molar-refractivity contribution in [2.45, 2.75) is 12.5 Å². The fourth-order valence-corrected chi connectivity index (χ4v) is 2.75. The van der Waals surface area contributed by atoms with Crippen molar-refractivity contribution in [3.8, 4) is 6.07 Å². The summed E-state index contributed by atoms with van der Waals surface area (Å²) in [4.78, 5) is 16.2. The summed E-state index contributed by atoms with van der Waals surface area (Å²) in [5, 5.41) is 12.1. The van der Waals surface area contributed by atoms with Crippen molar-refractivity contribution in [1.29, 1.82) is 5.26 Å². The molecule has 1 unspecified atom stereocenters. The minimum absolute atomic E-state index is 0.0819. The van der Waals surface area contributed by atoms with Crippen LogP contribution in [-0.4, -0.2) is 43.2 Å². The normalized spacial score (nSPS) is 22.9. The van der Waals surface area contributed by atoms with Crippen LogP contribution < -0.4 is 10.2 Å². The molecule has 2 amide bonds. The van der Waals surface area contributed by atoms with Crippen molar-refractivity contribution in [2.24, 2.45) is 0 Å². The number of amides is 2. The number of nitrogens with zero attached hydrogens (tertiary/aromatic N) is 3. The van der Waals surface area contributed by atoms with Crippen molar-refractivity contribution in [3.05, 3.63) is 29.8 Å². The summed E-state index contributed by atoms with van der Waals surface area (Å²) in [7, 11) is 0. The molecule has 1 atom stereocenters. The number of carbonyl (C=O) groups is 1. The van der Waals surface area contributed by atoms with Gasteiger partial charge in [-0.2, -0.15) is 5.26 Å². The lowest BCUT2D eigenvalue weighted by atomic mass is 10.2. The molecule has 0 spiro atoms. The van der Waals surface area contributed by atoms with Gasteiger partial charge in [0.25, 0.3) is 0 Å². The Hall–Kier alpha value is -2.06. The summed E-state index contributed by atoms with van der Waals surface area (Å²) in [5.41, 5.74) is 1.49. The summed E-state index contributed by atoms with van der Waals surface area (Å²) < 4.78 is 0. The molecule has 5 nitrogen and oxygen atoms in total. The molecule has 1 aromatic rings. The van der Waals surface area contributed by atoms with E-state index in [1.807, 2.05) is 17.0 Å². The number of rotatable bonds is 2. The van der Waals surface area contributed by atoms with Crippen LogP contribution >= 0.6 is 0 Å². The van der Waals surface area contributed by atoms with Gasteiger partial charge in [0, 0.05) is 31.4 Å². The average molecular weight is 256 g/mol. The van der Waals surface area contributed by atoms with Gasteiger partial charge in [-0.05, 0) is 37.2 Å². The van der Waals surface area contributed by atoms with Gasteiger partial charge in [0.15, 0.2) is 0 Å². The molecule has 2 heterocycles. The molecule has 2 saturated heterocycles. The Labute approximate surface area is 112 Å². The van der Waals surface area contributed by atoms with Crippen LogP contribution in [0.4, 0.5) is 10.5 Å². The average Bonchev–Trinajstić information content (AvgIpc) is 3.08. The second-order valence-electron chi connectivity index (χ2n) is 4.93. The lowest BCUT2D eigenvalue weighted by Crippen LogP contribution is -2.40. The third-order valence-corrected chi connectivity index (χ3v) is 3.82. The Balaban J connectivity index is 1.75. The first-order valence-electron chi connectivity index (χ1n) is 6.58. The van der Waals surface area contributed by atoms with Crippen molar-refractivity contribution in [2.75, 3.05) is 31.1 Å². The van der Waals surface area contributed by atoms with Crippen LogP contribution in [0.3, 0.4) is 0 Å². The standard InChI is InChI=1S/C14H16N4O/c15-9-11-1-3-12(4-2-11)17-7-8-18(14(17)19)13-5-6-16-10-13/h1-4,13,16H,5-8,10H2. The number of nitrogens with one attached hydrogen (secondary N) is 1. The molecular weight excluding hydrogens is 240 g/mol. The van der Waals surface area contributed by atoms with Crippen LogP contribution in [0.1, 0.15) is 12.0 Å². The minimum Gasteiger partial charge on any atom is -0.318 e. The molecule has 0 radical (unpaired) electrons. The lowest BCUT2D eigenvalue weighted by molar-refractivity contribution is 0.205. The molecule has 0 aromatic heterocycles. The summed E-state index contributed by atoms with van der Waals surface area (Å²) in [6, 6.07) is 9.68. The molecule has 0 bridgehead atoms. The van der Waals surface area contributed by atoms with Crippen molar-refractivity contribution < 1.29 is 4.79 Å². The maximum Gasteiger partial charge on any atom is 0.324 e. The molecule has 2 fully saturated rings. The first kappa shape index (κ1) is 12.0. The third-order valence-electron chi connectivity index (χ3n) is 3.82. The summed E-state index contributed by atoms with van der Waals surface area (Å²) in [6.07, 6.45) is 1.03. The zero-order chi connectivity index (χ0) is 13.2. The van der Waals surface area contributed by atoms with E-state index in [1.54, 1.807) is 17.0 Å². The van der Waals surface area contributed by atoms with Crippen LogP contribution in [0, 0.1) is 11.3 Å². The number of benzene rings is 1. The number of anilines is 1. The second-order valence-corrected chi connectivity index (χ2v) is 4.93. The first-order valence-corrected chi connectivity index (χ1v) is 6.58. The number of hydrogen-bond acceptors (Lipinski definition) is 3. The number of hydrogen-bond donors (Lipinski definition) is 1. The molecule has 1 aromatic carbocycles. The minimum atomic E-state index is 0.0819. The van der Waals surface area contributed by atoms with E-state index in [1.165, 1.54) is 0 Å². The molecule has 0 aliphatic carbocycles. The topological polar surface area (TPSA) is 59.4 Å². The van der Waals surface area contributed by atoms with E-state index in [-0.39, 0.29) is 6.03 Å². The monoisotopic (exact) mass is 256 g/mol. The molecule has 19 heavy (non-hydrogen) atoms. The first-order chi connectivity index (χ1) is 9.29. The van der Waals surface area contributed by atoms with E-state index in [9.17, 15) is 4.79 Å². The maximum atomic E-state index is 12.4. The van der Waals surface area contributed by atoms with Gasteiger partial charge in [-0.3, -0.25) is 4.90 Å². The highest BCUT2D eigenvalue weighted by Gasteiger charge is 2.35. The van der Waals surface area contributed by atoms with Crippen LogP contribution in [0.2, 0.25) is 0 Å². The van der Waals surface area contributed by atoms with Crippen molar-refractivity contribution >= 4 is 11.7 Å². The predicted molar refractivity (Wildman–Crippen MR) is 71.9 cm³/mol. The molecule has 5 heteroatoms.